The Morgan fingerprint density at radius 2 is 1.06 bits per heavy atom. The summed E-state index contributed by atoms with van der Waals surface area (Å²) in [6.07, 6.45) is 39.9. The van der Waals surface area contributed by atoms with Gasteiger partial charge in [0.2, 0.25) is 0 Å². The van der Waals surface area contributed by atoms with Gasteiger partial charge in [0.1, 0.15) is 30.5 Å². The van der Waals surface area contributed by atoms with E-state index in [1.54, 1.807) is 0 Å². The van der Waals surface area contributed by atoms with Crippen LogP contribution in [0.25, 0.3) is 0 Å². The average molecular weight is 901 g/mol. The summed E-state index contributed by atoms with van der Waals surface area (Å²) in [6.45, 7) is 3.93. The summed E-state index contributed by atoms with van der Waals surface area (Å²) in [5.41, 5.74) is 0. The fourth-order valence-corrected chi connectivity index (χ4v) is 7.71. The van der Waals surface area contributed by atoms with E-state index in [2.05, 4.69) is 66.6 Å². The van der Waals surface area contributed by atoms with Crippen LogP contribution in [0.4, 0.5) is 0 Å². The molecule has 0 bridgehead atoms. The SMILES string of the molecule is CCCCC/C=C\C/C=C\C/C=C\CCCCCCCCCOCC(COC1OC(CO)C(O)C(OS(=O)(=O)O)C1O)OC(=O)CCCCCCC/C=C\CCCCCCCC. The minimum absolute atomic E-state index is 0.0252. The quantitative estimate of drug-likeness (QED) is 0.0198. The Bertz CT molecular complexity index is 1270. The number of esters is 1. The van der Waals surface area contributed by atoms with Gasteiger partial charge in [0, 0.05) is 13.0 Å². The Morgan fingerprint density at radius 3 is 1.60 bits per heavy atom. The van der Waals surface area contributed by atoms with Crippen molar-refractivity contribution in [1.29, 1.82) is 0 Å². The van der Waals surface area contributed by atoms with Crippen molar-refractivity contribution < 1.29 is 56.2 Å². The van der Waals surface area contributed by atoms with E-state index < -0.39 is 59.8 Å². The third-order valence-corrected chi connectivity index (χ3v) is 11.4. The first-order chi connectivity index (χ1) is 30.1. The summed E-state index contributed by atoms with van der Waals surface area (Å²) in [4.78, 5) is 12.9. The van der Waals surface area contributed by atoms with Gasteiger partial charge in [-0.3, -0.25) is 9.35 Å². The molecule has 0 aromatic carbocycles. The average Bonchev–Trinajstić information content (AvgIpc) is 3.24. The maximum atomic E-state index is 12.9. The van der Waals surface area contributed by atoms with E-state index in [-0.39, 0.29) is 19.6 Å². The summed E-state index contributed by atoms with van der Waals surface area (Å²) in [6, 6.07) is 0. The summed E-state index contributed by atoms with van der Waals surface area (Å²) in [5.74, 6) is -0.412. The van der Waals surface area contributed by atoms with Gasteiger partial charge in [-0.05, 0) is 77.0 Å². The van der Waals surface area contributed by atoms with Crippen molar-refractivity contribution in [2.45, 2.75) is 230 Å². The van der Waals surface area contributed by atoms with Crippen molar-refractivity contribution >= 4 is 16.4 Å². The molecule has 0 aliphatic carbocycles. The Kier molecular flexibility index (Phi) is 38.0. The van der Waals surface area contributed by atoms with Crippen LogP contribution in [0.1, 0.15) is 194 Å². The van der Waals surface area contributed by atoms with Crippen molar-refractivity contribution in [1.82, 2.24) is 0 Å². The summed E-state index contributed by atoms with van der Waals surface area (Å²) < 4.78 is 59.1. The molecule has 1 rings (SSSR count). The number of allylic oxidation sites excluding steroid dienone is 8. The van der Waals surface area contributed by atoms with Crippen LogP contribution in [-0.2, 0) is 38.3 Å². The molecule has 362 valence electrons. The Labute approximate surface area is 376 Å². The molecule has 13 heteroatoms. The van der Waals surface area contributed by atoms with Crippen molar-refractivity contribution in [3.05, 3.63) is 48.6 Å². The smallest absolute Gasteiger partial charge is 0.397 e. The molecule has 0 radical (unpaired) electrons. The molecule has 12 nitrogen and oxygen atoms in total. The molecule has 1 fully saturated rings. The normalized spacial score (nSPS) is 20.4. The predicted octanol–water partition coefficient (Wildman–Crippen LogP) is 10.7. The molecular weight excluding hydrogens is 813 g/mol. The lowest BCUT2D eigenvalue weighted by atomic mass is 9.99. The van der Waals surface area contributed by atoms with Crippen LogP contribution in [-0.4, -0.2) is 97.5 Å². The number of hydrogen-bond donors (Lipinski definition) is 4. The van der Waals surface area contributed by atoms with E-state index >= 15 is 0 Å². The van der Waals surface area contributed by atoms with E-state index in [1.807, 2.05) is 0 Å². The van der Waals surface area contributed by atoms with Gasteiger partial charge in [0.05, 0.1) is 19.8 Å². The van der Waals surface area contributed by atoms with E-state index in [0.717, 1.165) is 77.0 Å². The fraction of sp³-hybridized carbons (Fsp3) is 0.816. The zero-order valence-corrected chi connectivity index (χ0v) is 39.5. The summed E-state index contributed by atoms with van der Waals surface area (Å²) >= 11 is 0. The van der Waals surface area contributed by atoms with Crippen LogP contribution in [0, 0.1) is 0 Å². The van der Waals surface area contributed by atoms with Gasteiger partial charge in [-0.15, -0.1) is 0 Å². The van der Waals surface area contributed by atoms with E-state index in [4.69, 9.17) is 18.9 Å². The van der Waals surface area contributed by atoms with Crippen LogP contribution in [0.5, 0.6) is 0 Å². The van der Waals surface area contributed by atoms with Gasteiger partial charge < -0.3 is 34.3 Å². The second kappa shape index (κ2) is 40.6. The molecular formula is C49H88O12S. The maximum absolute atomic E-state index is 12.9. The van der Waals surface area contributed by atoms with Crippen LogP contribution < -0.4 is 0 Å². The maximum Gasteiger partial charge on any atom is 0.397 e. The van der Waals surface area contributed by atoms with Crippen molar-refractivity contribution in [3.63, 3.8) is 0 Å². The first-order valence-corrected chi connectivity index (χ1v) is 25.8. The minimum Gasteiger partial charge on any atom is -0.457 e. The number of aliphatic hydroxyl groups excluding tert-OH is 3. The Hall–Kier alpha value is -1.94. The van der Waals surface area contributed by atoms with Crippen LogP contribution in [0.15, 0.2) is 48.6 Å². The molecule has 1 heterocycles. The topological polar surface area (TPSA) is 178 Å². The summed E-state index contributed by atoms with van der Waals surface area (Å²) in [7, 11) is -5.07. The molecule has 0 aromatic heterocycles. The molecule has 6 atom stereocenters. The van der Waals surface area contributed by atoms with Crippen LogP contribution >= 0.6 is 0 Å². The monoisotopic (exact) mass is 901 g/mol. The zero-order chi connectivity index (χ0) is 45.4. The van der Waals surface area contributed by atoms with Crippen molar-refractivity contribution in [3.8, 4) is 0 Å². The molecule has 0 aromatic rings. The van der Waals surface area contributed by atoms with Gasteiger partial charge >= 0.3 is 16.4 Å². The third kappa shape index (κ3) is 33.6. The molecule has 6 unspecified atom stereocenters. The molecule has 1 aliphatic rings. The Morgan fingerprint density at radius 1 is 0.613 bits per heavy atom. The molecule has 1 saturated heterocycles. The van der Waals surface area contributed by atoms with Crippen LogP contribution in [0.3, 0.4) is 0 Å². The lowest BCUT2D eigenvalue weighted by Crippen LogP contribution is -2.60. The second-order valence-corrected chi connectivity index (χ2v) is 17.7. The van der Waals surface area contributed by atoms with Crippen molar-refractivity contribution in [2.24, 2.45) is 0 Å². The molecule has 0 spiro atoms. The Balaban J connectivity index is 2.40. The van der Waals surface area contributed by atoms with Gasteiger partial charge in [0.25, 0.3) is 0 Å². The molecule has 1 aliphatic heterocycles. The minimum atomic E-state index is -5.07. The number of carbonyl (C=O) groups is 1. The van der Waals surface area contributed by atoms with Gasteiger partial charge in [-0.1, -0.05) is 159 Å². The highest BCUT2D eigenvalue weighted by Crippen LogP contribution is 2.26. The van der Waals surface area contributed by atoms with Gasteiger partial charge in [-0.2, -0.15) is 8.42 Å². The molecule has 0 saturated carbocycles. The highest BCUT2D eigenvalue weighted by atomic mass is 32.3. The largest absolute Gasteiger partial charge is 0.457 e. The standard InChI is InChI=1S/C49H88O12S/c1-3-5-7-9-11-13-15-17-19-20-21-22-23-25-27-29-31-33-35-37-39-57-41-43(42-58-49-47(53)48(61-62(54,55)56)46(52)44(40-50)60-49)59-45(51)38-36-34-32-30-28-26-24-18-16-14-12-10-8-6-4-2/h11,13,17-19,21-22,24,43-44,46-50,52-53H,3-10,12,14-16,20,23,25-42H2,1-2H3,(H,54,55,56)/b13-11-,19-17-,22-21-,24-18-. The first kappa shape index (κ1) is 58.1. The molecule has 4 N–H and O–H groups in total. The first-order valence-electron chi connectivity index (χ1n) is 24.4. The number of unbranched alkanes of at least 4 members (excludes halogenated alkanes) is 21. The molecule has 62 heavy (non-hydrogen) atoms. The van der Waals surface area contributed by atoms with E-state index in [1.165, 1.54) is 89.9 Å². The number of ether oxygens (including phenoxy) is 4. The predicted molar refractivity (Wildman–Crippen MR) is 248 cm³/mol. The lowest BCUT2D eigenvalue weighted by molar-refractivity contribution is -0.301. The van der Waals surface area contributed by atoms with Gasteiger partial charge in [-0.25, -0.2) is 4.18 Å². The van der Waals surface area contributed by atoms with E-state index in [0.29, 0.717) is 13.0 Å². The highest BCUT2D eigenvalue weighted by molar-refractivity contribution is 7.80. The van der Waals surface area contributed by atoms with Crippen molar-refractivity contribution in [2.75, 3.05) is 26.4 Å². The highest BCUT2D eigenvalue weighted by Gasteiger charge is 2.48. The number of hydrogen-bond acceptors (Lipinski definition) is 11. The van der Waals surface area contributed by atoms with E-state index in [9.17, 15) is 33.1 Å². The number of aliphatic hydroxyl groups is 3. The number of rotatable bonds is 42. The summed E-state index contributed by atoms with van der Waals surface area (Å²) in [5, 5.41) is 30.7. The molecule has 0 amide bonds. The van der Waals surface area contributed by atoms with Crippen LogP contribution in [0.2, 0.25) is 0 Å². The van der Waals surface area contributed by atoms with Gasteiger partial charge in [0.15, 0.2) is 6.29 Å². The fourth-order valence-electron chi connectivity index (χ4n) is 7.20. The number of carbonyl (C=O) groups excluding carboxylic acids is 1. The lowest BCUT2D eigenvalue weighted by Gasteiger charge is -2.41. The third-order valence-electron chi connectivity index (χ3n) is 10.9. The zero-order valence-electron chi connectivity index (χ0n) is 38.7. The second-order valence-electron chi connectivity index (χ2n) is 16.7.